The van der Waals surface area contributed by atoms with Crippen molar-refractivity contribution in [2.45, 2.75) is 45.1 Å². The zero-order chi connectivity index (χ0) is 13.2. The van der Waals surface area contributed by atoms with Gasteiger partial charge in [-0.3, -0.25) is 0 Å². The summed E-state index contributed by atoms with van der Waals surface area (Å²) in [7, 11) is -3.38. The Morgan fingerprint density at radius 3 is 2.56 bits per heavy atom. The SMILES string of the molecule is CCN(CC1CC1)S(=O)(=O)N1CCCCC1CO. The molecule has 1 N–H and O–H groups in total. The monoisotopic (exact) mass is 276 g/mol. The molecule has 18 heavy (non-hydrogen) atoms. The molecule has 6 heteroatoms. The van der Waals surface area contributed by atoms with Gasteiger partial charge >= 0.3 is 0 Å². The van der Waals surface area contributed by atoms with E-state index in [4.69, 9.17) is 0 Å². The van der Waals surface area contributed by atoms with Crippen LogP contribution in [0.2, 0.25) is 0 Å². The third-order valence-electron chi connectivity index (χ3n) is 3.92. The Hall–Kier alpha value is -0.170. The Morgan fingerprint density at radius 1 is 1.28 bits per heavy atom. The lowest BCUT2D eigenvalue weighted by Crippen LogP contribution is -2.52. The van der Waals surface area contributed by atoms with Crippen molar-refractivity contribution in [3.63, 3.8) is 0 Å². The Balaban J connectivity index is 2.10. The highest BCUT2D eigenvalue weighted by Crippen LogP contribution is 2.31. The smallest absolute Gasteiger partial charge is 0.282 e. The molecule has 1 aliphatic heterocycles. The molecule has 1 heterocycles. The number of aliphatic hydroxyl groups excluding tert-OH is 1. The minimum Gasteiger partial charge on any atom is -0.395 e. The van der Waals surface area contributed by atoms with Gasteiger partial charge in [0.2, 0.25) is 0 Å². The summed E-state index contributed by atoms with van der Waals surface area (Å²) in [5.74, 6) is 0.553. The van der Waals surface area contributed by atoms with Crippen LogP contribution < -0.4 is 0 Å². The lowest BCUT2D eigenvalue weighted by Gasteiger charge is -2.37. The molecule has 0 radical (unpaired) electrons. The number of nitrogens with zero attached hydrogens (tertiary/aromatic N) is 2. The van der Waals surface area contributed by atoms with Crippen molar-refractivity contribution in [2.75, 3.05) is 26.2 Å². The molecular weight excluding hydrogens is 252 g/mol. The quantitative estimate of drug-likeness (QED) is 0.781. The summed E-state index contributed by atoms with van der Waals surface area (Å²) in [6.45, 7) is 3.54. The lowest BCUT2D eigenvalue weighted by atomic mass is 10.1. The van der Waals surface area contributed by atoms with Gasteiger partial charge in [-0.15, -0.1) is 0 Å². The van der Waals surface area contributed by atoms with Crippen molar-refractivity contribution in [1.82, 2.24) is 8.61 Å². The summed E-state index contributed by atoms with van der Waals surface area (Å²) in [5, 5.41) is 9.35. The van der Waals surface area contributed by atoms with Gasteiger partial charge in [0.05, 0.1) is 6.61 Å². The second-order valence-corrected chi connectivity index (χ2v) is 7.23. The molecule has 5 nitrogen and oxygen atoms in total. The van der Waals surface area contributed by atoms with Crippen LogP contribution in [-0.4, -0.2) is 54.4 Å². The molecule has 2 rings (SSSR count). The van der Waals surface area contributed by atoms with Gasteiger partial charge in [0.15, 0.2) is 0 Å². The van der Waals surface area contributed by atoms with Gasteiger partial charge in [-0.2, -0.15) is 17.0 Å². The number of piperidine rings is 1. The first-order chi connectivity index (χ1) is 8.59. The van der Waals surface area contributed by atoms with E-state index in [9.17, 15) is 13.5 Å². The fourth-order valence-electron chi connectivity index (χ4n) is 2.58. The zero-order valence-corrected chi connectivity index (χ0v) is 11.9. The van der Waals surface area contributed by atoms with Crippen molar-refractivity contribution in [3.8, 4) is 0 Å². The van der Waals surface area contributed by atoms with Gasteiger partial charge in [-0.05, 0) is 31.6 Å². The van der Waals surface area contributed by atoms with Crippen molar-refractivity contribution < 1.29 is 13.5 Å². The van der Waals surface area contributed by atoms with Crippen LogP contribution in [0.1, 0.15) is 39.0 Å². The predicted molar refractivity (Wildman–Crippen MR) is 70.3 cm³/mol. The van der Waals surface area contributed by atoms with Gasteiger partial charge in [-0.25, -0.2) is 0 Å². The minimum atomic E-state index is -3.38. The molecule has 0 amide bonds. The third-order valence-corrected chi connectivity index (χ3v) is 6.05. The van der Waals surface area contributed by atoms with Crippen LogP contribution in [0.5, 0.6) is 0 Å². The number of hydrogen-bond acceptors (Lipinski definition) is 3. The standard InChI is InChI=1S/C12H24N2O3S/c1-2-13(9-11-6-7-11)18(16,17)14-8-4-3-5-12(14)10-15/h11-12,15H,2-10H2,1H3. The van der Waals surface area contributed by atoms with E-state index in [-0.39, 0.29) is 12.6 Å². The predicted octanol–water partition coefficient (Wildman–Crippen LogP) is 0.810. The Labute approximate surface area is 110 Å². The summed E-state index contributed by atoms with van der Waals surface area (Å²) < 4.78 is 28.3. The molecule has 1 saturated heterocycles. The number of aliphatic hydroxyl groups is 1. The highest BCUT2D eigenvalue weighted by Gasteiger charge is 2.37. The highest BCUT2D eigenvalue weighted by molar-refractivity contribution is 7.86. The van der Waals surface area contributed by atoms with E-state index in [1.165, 1.54) is 4.31 Å². The summed E-state index contributed by atoms with van der Waals surface area (Å²) in [6.07, 6.45) is 4.98. The molecule has 0 aromatic heterocycles. The maximum atomic E-state index is 12.6. The van der Waals surface area contributed by atoms with Crippen LogP contribution in [0.15, 0.2) is 0 Å². The van der Waals surface area contributed by atoms with Crippen molar-refractivity contribution >= 4 is 10.2 Å². The molecule has 0 aromatic rings. The van der Waals surface area contributed by atoms with Crippen LogP contribution in [-0.2, 0) is 10.2 Å². The fraction of sp³-hybridized carbons (Fsp3) is 1.00. The molecule has 0 aromatic carbocycles. The largest absolute Gasteiger partial charge is 0.395 e. The van der Waals surface area contributed by atoms with E-state index in [1.807, 2.05) is 6.92 Å². The van der Waals surface area contributed by atoms with E-state index in [1.54, 1.807) is 4.31 Å². The molecule has 1 atom stereocenters. The normalized spacial score (nSPS) is 26.7. The van der Waals surface area contributed by atoms with Crippen LogP contribution in [0.3, 0.4) is 0 Å². The maximum Gasteiger partial charge on any atom is 0.282 e. The third kappa shape index (κ3) is 3.04. The molecule has 1 saturated carbocycles. The van der Waals surface area contributed by atoms with Crippen molar-refractivity contribution in [2.24, 2.45) is 5.92 Å². The second-order valence-electron chi connectivity index (χ2n) is 5.34. The summed E-state index contributed by atoms with van der Waals surface area (Å²) in [4.78, 5) is 0. The van der Waals surface area contributed by atoms with Crippen LogP contribution in [0.25, 0.3) is 0 Å². The second kappa shape index (κ2) is 5.86. The first kappa shape index (κ1) is 14.2. The van der Waals surface area contributed by atoms with Gasteiger partial charge in [0.1, 0.15) is 0 Å². The molecular formula is C12H24N2O3S. The first-order valence-electron chi connectivity index (χ1n) is 6.97. The topological polar surface area (TPSA) is 60.9 Å². The van der Waals surface area contributed by atoms with E-state index >= 15 is 0 Å². The number of rotatable bonds is 6. The van der Waals surface area contributed by atoms with E-state index in [0.717, 1.165) is 32.1 Å². The Kier molecular flexibility index (Phi) is 4.64. The van der Waals surface area contributed by atoms with Gasteiger partial charge in [0, 0.05) is 25.7 Å². The molecule has 106 valence electrons. The average Bonchev–Trinajstić information content (AvgIpc) is 3.19. The molecule has 2 fully saturated rings. The van der Waals surface area contributed by atoms with E-state index < -0.39 is 10.2 Å². The molecule has 0 spiro atoms. The average molecular weight is 276 g/mol. The summed E-state index contributed by atoms with van der Waals surface area (Å²) in [5.41, 5.74) is 0. The molecule has 1 unspecified atom stereocenters. The Bertz CT molecular complexity index is 368. The molecule has 0 bridgehead atoms. The van der Waals surface area contributed by atoms with Crippen LogP contribution in [0, 0.1) is 5.92 Å². The first-order valence-corrected chi connectivity index (χ1v) is 8.37. The van der Waals surface area contributed by atoms with Crippen LogP contribution in [0.4, 0.5) is 0 Å². The highest BCUT2D eigenvalue weighted by atomic mass is 32.2. The molecule has 2 aliphatic rings. The van der Waals surface area contributed by atoms with Gasteiger partial charge in [0.25, 0.3) is 10.2 Å². The van der Waals surface area contributed by atoms with Crippen molar-refractivity contribution in [1.29, 1.82) is 0 Å². The van der Waals surface area contributed by atoms with Gasteiger partial charge < -0.3 is 5.11 Å². The van der Waals surface area contributed by atoms with Gasteiger partial charge in [-0.1, -0.05) is 13.3 Å². The van der Waals surface area contributed by atoms with Crippen molar-refractivity contribution in [3.05, 3.63) is 0 Å². The fourth-order valence-corrected chi connectivity index (χ4v) is 4.51. The van der Waals surface area contributed by atoms with E-state index in [2.05, 4.69) is 0 Å². The van der Waals surface area contributed by atoms with E-state index in [0.29, 0.717) is 25.6 Å². The lowest BCUT2D eigenvalue weighted by molar-refractivity contribution is 0.147. The zero-order valence-electron chi connectivity index (χ0n) is 11.1. The Morgan fingerprint density at radius 2 is 2.00 bits per heavy atom. The maximum absolute atomic E-state index is 12.6. The summed E-state index contributed by atoms with van der Waals surface area (Å²) in [6, 6.07) is -0.225. The summed E-state index contributed by atoms with van der Waals surface area (Å²) >= 11 is 0. The molecule has 1 aliphatic carbocycles. The van der Waals surface area contributed by atoms with Crippen LogP contribution >= 0.6 is 0 Å². The number of hydrogen-bond donors (Lipinski definition) is 1. The minimum absolute atomic E-state index is 0.0692.